The number of carbonyl (C=O) groups is 1. The van der Waals surface area contributed by atoms with E-state index in [0.29, 0.717) is 6.42 Å². The SMILES string of the molecule is Cc1ccc(CC(=O)N2CCN(c3cnn4cc(-c5cnn(C)c5)ccc34)CC2)cc1. The average Bonchev–Trinajstić information content (AvgIpc) is 3.41. The highest BCUT2D eigenvalue weighted by atomic mass is 16.2. The molecule has 1 aliphatic heterocycles. The molecule has 7 nitrogen and oxygen atoms in total. The molecule has 4 aromatic rings. The maximum Gasteiger partial charge on any atom is 0.227 e. The Morgan fingerprint density at radius 1 is 0.903 bits per heavy atom. The fraction of sp³-hybridized carbons (Fsp3) is 0.292. The van der Waals surface area contributed by atoms with Gasteiger partial charge in [-0.3, -0.25) is 9.48 Å². The quantitative estimate of drug-likeness (QED) is 0.515. The van der Waals surface area contributed by atoms with Crippen LogP contribution in [0.5, 0.6) is 0 Å². The Kier molecular flexibility index (Phi) is 4.94. The van der Waals surface area contributed by atoms with E-state index in [1.807, 2.05) is 53.4 Å². The molecule has 0 spiro atoms. The first-order chi connectivity index (χ1) is 15.1. The minimum absolute atomic E-state index is 0.199. The van der Waals surface area contributed by atoms with E-state index < -0.39 is 0 Å². The van der Waals surface area contributed by atoms with Gasteiger partial charge in [0.2, 0.25) is 5.91 Å². The third-order valence-electron chi connectivity index (χ3n) is 5.98. The van der Waals surface area contributed by atoms with Crippen molar-refractivity contribution in [1.82, 2.24) is 24.3 Å². The first-order valence-electron chi connectivity index (χ1n) is 10.6. The van der Waals surface area contributed by atoms with Gasteiger partial charge in [-0.15, -0.1) is 0 Å². The summed E-state index contributed by atoms with van der Waals surface area (Å²) in [6.07, 6.45) is 8.29. The Hall–Kier alpha value is -3.61. The van der Waals surface area contributed by atoms with Gasteiger partial charge in [-0.1, -0.05) is 35.9 Å². The molecule has 0 aliphatic carbocycles. The number of hydrogen-bond acceptors (Lipinski definition) is 4. The van der Waals surface area contributed by atoms with E-state index in [-0.39, 0.29) is 5.91 Å². The van der Waals surface area contributed by atoms with Crippen LogP contribution in [0.1, 0.15) is 11.1 Å². The molecular weight excluding hydrogens is 388 g/mol. The van der Waals surface area contributed by atoms with Gasteiger partial charge >= 0.3 is 0 Å². The molecule has 5 rings (SSSR count). The van der Waals surface area contributed by atoms with Gasteiger partial charge in [-0.2, -0.15) is 10.2 Å². The van der Waals surface area contributed by atoms with Crippen molar-refractivity contribution in [2.24, 2.45) is 7.05 Å². The van der Waals surface area contributed by atoms with E-state index >= 15 is 0 Å². The Balaban J connectivity index is 1.26. The number of anilines is 1. The van der Waals surface area contributed by atoms with E-state index in [1.165, 1.54) is 5.56 Å². The van der Waals surface area contributed by atoms with Crippen LogP contribution in [-0.4, -0.2) is 56.4 Å². The number of aryl methyl sites for hydroxylation is 2. The van der Waals surface area contributed by atoms with Crippen LogP contribution in [0.2, 0.25) is 0 Å². The third kappa shape index (κ3) is 3.91. The number of pyridine rings is 1. The number of nitrogens with zero attached hydrogens (tertiary/aromatic N) is 6. The van der Waals surface area contributed by atoms with Gasteiger partial charge in [-0.25, -0.2) is 4.52 Å². The van der Waals surface area contributed by atoms with Gasteiger partial charge in [0, 0.05) is 56.7 Å². The van der Waals surface area contributed by atoms with Gasteiger partial charge < -0.3 is 9.80 Å². The molecule has 0 bridgehead atoms. The molecule has 3 aromatic heterocycles. The van der Waals surface area contributed by atoms with E-state index in [4.69, 9.17) is 0 Å². The average molecular weight is 415 g/mol. The van der Waals surface area contributed by atoms with Crippen LogP contribution in [0, 0.1) is 6.92 Å². The summed E-state index contributed by atoms with van der Waals surface area (Å²) >= 11 is 0. The zero-order chi connectivity index (χ0) is 21.4. The molecular formula is C24H26N6O. The molecule has 1 aliphatic rings. The fourth-order valence-electron chi connectivity index (χ4n) is 4.14. The van der Waals surface area contributed by atoms with Crippen LogP contribution in [0.25, 0.3) is 16.6 Å². The number of rotatable bonds is 4. The molecule has 0 atom stereocenters. The Labute approximate surface area is 181 Å². The highest BCUT2D eigenvalue weighted by molar-refractivity contribution is 5.80. The van der Waals surface area contributed by atoms with Crippen LogP contribution in [0.15, 0.2) is 61.2 Å². The van der Waals surface area contributed by atoms with Gasteiger partial charge in [0.15, 0.2) is 0 Å². The van der Waals surface area contributed by atoms with Crippen molar-refractivity contribution in [2.75, 3.05) is 31.1 Å². The normalized spacial score (nSPS) is 14.4. The second kappa shape index (κ2) is 7.91. The Morgan fingerprint density at radius 3 is 2.39 bits per heavy atom. The van der Waals surface area contributed by atoms with Crippen molar-refractivity contribution in [2.45, 2.75) is 13.3 Å². The van der Waals surface area contributed by atoms with Crippen molar-refractivity contribution in [3.05, 3.63) is 72.3 Å². The lowest BCUT2D eigenvalue weighted by atomic mass is 10.1. The number of carbonyl (C=O) groups excluding carboxylic acids is 1. The van der Waals surface area contributed by atoms with Crippen LogP contribution < -0.4 is 4.90 Å². The minimum atomic E-state index is 0.199. The molecule has 1 aromatic carbocycles. The summed E-state index contributed by atoms with van der Waals surface area (Å²) < 4.78 is 3.72. The lowest BCUT2D eigenvalue weighted by Gasteiger charge is -2.35. The van der Waals surface area contributed by atoms with Crippen LogP contribution >= 0.6 is 0 Å². The lowest BCUT2D eigenvalue weighted by Crippen LogP contribution is -2.49. The minimum Gasteiger partial charge on any atom is -0.365 e. The van der Waals surface area contributed by atoms with Crippen molar-refractivity contribution in [1.29, 1.82) is 0 Å². The first-order valence-corrected chi connectivity index (χ1v) is 10.6. The number of aromatic nitrogens is 4. The predicted molar refractivity (Wildman–Crippen MR) is 121 cm³/mol. The van der Waals surface area contributed by atoms with Crippen molar-refractivity contribution >= 4 is 17.1 Å². The van der Waals surface area contributed by atoms with Crippen LogP contribution in [0.3, 0.4) is 0 Å². The number of hydrogen-bond donors (Lipinski definition) is 0. The van der Waals surface area contributed by atoms with Gasteiger partial charge in [0.25, 0.3) is 0 Å². The first kappa shape index (κ1) is 19.4. The fourth-order valence-corrected chi connectivity index (χ4v) is 4.14. The molecule has 0 unspecified atom stereocenters. The van der Waals surface area contributed by atoms with E-state index in [0.717, 1.165) is 54.1 Å². The summed E-state index contributed by atoms with van der Waals surface area (Å²) in [5, 5.41) is 8.82. The zero-order valence-corrected chi connectivity index (χ0v) is 17.9. The maximum atomic E-state index is 12.7. The van der Waals surface area contributed by atoms with E-state index in [9.17, 15) is 4.79 Å². The van der Waals surface area contributed by atoms with Gasteiger partial charge in [0.05, 0.1) is 30.0 Å². The molecule has 0 saturated carbocycles. The smallest absolute Gasteiger partial charge is 0.227 e. The predicted octanol–water partition coefficient (Wildman–Crippen LogP) is 2.93. The van der Waals surface area contributed by atoms with Gasteiger partial charge in [-0.05, 0) is 18.6 Å². The largest absolute Gasteiger partial charge is 0.365 e. The summed E-state index contributed by atoms with van der Waals surface area (Å²) in [6.45, 7) is 5.15. The molecule has 1 amide bonds. The molecule has 4 heterocycles. The number of piperazine rings is 1. The molecule has 1 saturated heterocycles. The second-order valence-corrected chi connectivity index (χ2v) is 8.21. The summed E-state index contributed by atoms with van der Waals surface area (Å²) in [6, 6.07) is 12.4. The third-order valence-corrected chi connectivity index (χ3v) is 5.98. The second-order valence-electron chi connectivity index (χ2n) is 8.21. The maximum absolute atomic E-state index is 12.7. The molecule has 7 heteroatoms. The topological polar surface area (TPSA) is 58.7 Å². The van der Waals surface area contributed by atoms with Crippen LogP contribution in [0.4, 0.5) is 5.69 Å². The van der Waals surface area contributed by atoms with Gasteiger partial charge in [0.1, 0.15) is 0 Å². The molecule has 0 N–H and O–H groups in total. The summed E-state index contributed by atoms with van der Waals surface area (Å²) in [4.78, 5) is 17.0. The molecule has 31 heavy (non-hydrogen) atoms. The summed E-state index contributed by atoms with van der Waals surface area (Å²) in [5.74, 6) is 0.199. The van der Waals surface area contributed by atoms with Crippen LogP contribution in [-0.2, 0) is 18.3 Å². The number of amides is 1. The molecule has 158 valence electrons. The Morgan fingerprint density at radius 2 is 1.68 bits per heavy atom. The van der Waals surface area contributed by atoms with Crippen molar-refractivity contribution in [3.63, 3.8) is 0 Å². The lowest BCUT2D eigenvalue weighted by molar-refractivity contribution is -0.130. The van der Waals surface area contributed by atoms with Crippen molar-refractivity contribution < 1.29 is 4.79 Å². The highest BCUT2D eigenvalue weighted by Gasteiger charge is 2.23. The highest BCUT2D eigenvalue weighted by Crippen LogP contribution is 2.26. The molecule has 0 radical (unpaired) electrons. The van der Waals surface area contributed by atoms with Crippen molar-refractivity contribution in [3.8, 4) is 11.1 Å². The number of fused-ring (bicyclic) bond motifs is 1. The Bertz CT molecular complexity index is 1210. The monoisotopic (exact) mass is 414 g/mol. The summed E-state index contributed by atoms with van der Waals surface area (Å²) in [7, 11) is 1.92. The summed E-state index contributed by atoms with van der Waals surface area (Å²) in [5.41, 5.74) is 6.63. The van der Waals surface area contributed by atoms with E-state index in [1.54, 1.807) is 4.68 Å². The standard InChI is InChI=1S/C24H26N6O/c1-18-3-5-19(6-4-18)13-24(31)29-11-9-28(10-12-29)23-15-26-30-17-20(7-8-22(23)30)21-14-25-27(2)16-21/h3-8,14-17H,9-13H2,1-2H3. The molecule has 1 fully saturated rings. The zero-order valence-electron chi connectivity index (χ0n) is 17.9. The van der Waals surface area contributed by atoms with E-state index in [2.05, 4.69) is 46.3 Å². The number of benzene rings is 1.